The van der Waals surface area contributed by atoms with Crippen molar-refractivity contribution in [1.82, 2.24) is 4.90 Å². The highest BCUT2D eigenvalue weighted by molar-refractivity contribution is 8.18. The Balaban J connectivity index is 1.24. The molecule has 0 atom stereocenters. The molecule has 0 radical (unpaired) electrons. The second-order valence-electron chi connectivity index (χ2n) is 10.2. The van der Waals surface area contributed by atoms with Crippen LogP contribution in [0.4, 0.5) is 32.0 Å². The number of alkyl halides is 6. The Labute approximate surface area is 254 Å². The number of hydrogen-bond donors (Lipinski definition) is 0. The molecule has 0 N–H and O–H groups in total. The lowest BCUT2D eigenvalue weighted by molar-refractivity contribution is -0.143. The van der Waals surface area contributed by atoms with Gasteiger partial charge < -0.3 is 19.3 Å². The summed E-state index contributed by atoms with van der Waals surface area (Å²) in [7, 11) is 1.34. The zero-order chi connectivity index (χ0) is 31.6. The van der Waals surface area contributed by atoms with Gasteiger partial charge in [-0.15, -0.1) is 0 Å². The molecule has 1 amide bonds. The molecule has 232 valence electrons. The molecule has 1 fully saturated rings. The van der Waals surface area contributed by atoms with Gasteiger partial charge in [-0.1, -0.05) is 24.3 Å². The molecule has 0 spiro atoms. The Morgan fingerprint density at radius 2 is 1.61 bits per heavy atom. The molecule has 0 saturated carbocycles. The van der Waals surface area contributed by atoms with Crippen molar-refractivity contribution in [3.63, 3.8) is 0 Å². The number of amidine groups is 1. The number of carbonyl (C=O) groups excluding carboxylic acids is 1. The van der Waals surface area contributed by atoms with Gasteiger partial charge in [-0.2, -0.15) is 31.3 Å². The van der Waals surface area contributed by atoms with E-state index in [9.17, 15) is 31.1 Å². The number of anilines is 1. The standard InChI is InChI=1S/C31H27F6N3O3S/c1-19-4-3-5-23(14-19)39-10-12-40(13-11-39)29-38-28(41)27(44-29)16-20-6-9-25(26(15-20)42-2)43-18-21-7-8-22(30(32,33)34)17-24(21)31(35,36)37/h3-9,14-17H,10-13,18H2,1-2H3/b27-16-. The summed E-state index contributed by atoms with van der Waals surface area (Å²) < 4.78 is 90.4. The molecule has 44 heavy (non-hydrogen) atoms. The maximum Gasteiger partial charge on any atom is 0.416 e. The van der Waals surface area contributed by atoms with E-state index in [1.807, 2.05) is 6.07 Å². The zero-order valence-electron chi connectivity index (χ0n) is 23.6. The topological polar surface area (TPSA) is 54.4 Å². The van der Waals surface area contributed by atoms with Crippen molar-refractivity contribution in [3.8, 4) is 11.5 Å². The predicted molar refractivity (Wildman–Crippen MR) is 157 cm³/mol. The maximum atomic E-state index is 13.5. The van der Waals surface area contributed by atoms with E-state index in [0.717, 1.165) is 24.8 Å². The molecule has 3 aromatic rings. The van der Waals surface area contributed by atoms with Crippen LogP contribution in [0.5, 0.6) is 11.5 Å². The van der Waals surface area contributed by atoms with E-state index in [0.29, 0.717) is 34.8 Å². The average Bonchev–Trinajstić information content (AvgIpc) is 3.35. The van der Waals surface area contributed by atoms with E-state index in [2.05, 4.69) is 39.9 Å². The van der Waals surface area contributed by atoms with Crippen LogP contribution < -0.4 is 14.4 Å². The second-order valence-corrected chi connectivity index (χ2v) is 11.2. The van der Waals surface area contributed by atoms with E-state index in [1.165, 1.54) is 30.5 Å². The number of benzene rings is 3. The molecule has 2 heterocycles. The van der Waals surface area contributed by atoms with Gasteiger partial charge in [0.2, 0.25) is 0 Å². The fraction of sp³-hybridized carbons (Fsp3) is 0.290. The van der Waals surface area contributed by atoms with Crippen molar-refractivity contribution in [2.75, 3.05) is 38.2 Å². The summed E-state index contributed by atoms with van der Waals surface area (Å²) in [6.45, 7) is 4.38. The van der Waals surface area contributed by atoms with Crippen LogP contribution in [0, 0.1) is 6.92 Å². The first kappa shape index (κ1) is 31.3. The summed E-state index contributed by atoms with van der Waals surface area (Å²) in [4.78, 5) is 21.7. The average molecular weight is 636 g/mol. The van der Waals surface area contributed by atoms with Gasteiger partial charge in [-0.25, -0.2) is 0 Å². The third kappa shape index (κ3) is 7.15. The summed E-state index contributed by atoms with van der Waals surface area (Å²) in [5, 5.41) is 0.620. The Morgan fingerprint density at radius 1 is 0.886 bits per heavy atom. The molecule has 0 aliphatic carbocycles. The van der Waals surface area contributed by atoms with Crippen molar-refractivity contribution in [2.45, 2.75) is 25.9 Å². The number of hydrogen-bond acceptors (Lipinski definition) is 6. The van der Waals surface area contributed by atoms with Crippen molar-refractivity contribution in [1.29, 1.82) is 0 Å². The SMILES string of the molecule is COc1cc(/C=C2\SC(N3CCN(c4cccc(C)c4)CC3)=NC2=O)ccc1OCc1ccc(C(F)(F)F)cc1C(F)(F)F. The molecule has 2 aliphatic heterocycles. The zero-order valence-corrected chi connectivity index (χ0v) is 24.4. The van der Waals surface area contributed by atoms with Crippen molar-refractivity contribution >= 4 is 34.6 Å². The number of amides is 1. The quantitative estimate of drug-likeness (QED) is 0.208. The van der Waals surface area contributed by atoms with Gasteiger partial charge in [0.15, 0.2) is 16.7 Å². The van der Waals surface area contributed by atoms with E-state index < -0.39 is 35.6 Å². The van der Waals surface area contributed by atoms with Crippen LogP contribution in [0.3, 0.4) is 0 Å². The highest BCUT2D eigenvalue weighted by Crippen LogP contribution is 2.39. The highest BCUT2D eigenvalue weighted by atomic mass is 32.2. The monoisotopic (exact) mass is 635 g/mol. The molecule has 3 aromatic carbocycles. The van der Waals surface area contributed by atoms with Gasteiger partial charge >= 0.3 is 12.4 Å². The third-order valence-corrected chi connectivity index (χ3v) is 8.18. The number of nitrogens with zero attached hydrogens (tertiary/aromatic N) is 3. The van der Waals surface area contributed by atoms with Crippen LogP contribution in [-0.2, 0) is 23.8 Å². The van der Waals surface area contributed by atoms with Gasteiger partial charge in [-0.05, 0) is 72.3 Å². The van der Waals surface area contributed by atoms with Crippen LogP contribution in [0.1, 0.15) is 27.8 Å². The minimum absolute atomic E-state index is 0.0713. The van der Waals surface area contributed by atoms with Crippen LogP contribution in [0.25, 0.3) is 6.08 Å². The lowest BCUT2D eigenvalue weighted by Crippen LogP contribution is -2.47. The first-order valence-electron chi connectivity index (χ1n) is 13.5. The molecule has 1 saturated heterocycles. The lowest BCUT2D eigenvalue weighted by Gasteiger charge is -2.36. The van der Waals surface area contributed by atoms with E-state index in [1.54, 1.807) is 18.2 Å². The number of halogens is 6. The number of rotatable bonds is 6. The number of aliphatic imine (C=N–C) groups is 1. The molecule has 0 bridgehead atoms. The normalized spacial score (nSPS) is 16.9. The molecular formula is C31H27F6N3O3S. The van der Waals surface area contributed by atoms with E-state index in [-0.39, 0.29) is 23.5 Å². The first-order valence-corrected chi connectivity index (χ1v) is 14.3. The molecule has 13 heteroatoms. The van der Waals surface area contributed by atoms with Crippen molar-refractivity contribution in [2.24, 2.45) is 4.99 Å². The van der Waals surface area contributed by atoms with Gasteiger partial charge in [0, 0.05) is 37.4 Å². The van der Waals surface area contributed by atoms with Crippen molar-refractivity contribution in [3.05, 3.63) is 93.4 Å². The fourth-order valence-electron chi connectivity index (χ4n) is 4.86. The molecule has 6 nitrogen and oxygen atoms in total. The summed E-state index contributed by atoms with van der Waals surface area (Å²) in [6.07, 6.45) is -8.30. The smallest absolute Gasteiger partial charge is 0.416 e. The van der Waals surface area contributed by atoms with Gasteiger partial charge in [0.1, 0.15) is 6.61 Å². The predicted octanol–water partition coefficient (Wildman–Crippen LogP) is 7.41. The van der Waals surface area contributed by atoms with Crippen molar-refractivity contribution < 1.29 is 40.6 Å². The van der Waals surface area contributed by atoms with Gasteiger partial charge in [0.25, 0.3) is 5.91 Å². The Bertz CT molecular complexity index is 1610. The Hall–Kier alpha value is -4.13. The van der Waals surface area contributed by atoms with Crippen LogP contribution in [0.15, 0.2) is 70.6 Å². The Morgan fingerprint density at radius 3 is 2.27 bits per heavy atom. The summed E-state index contributed by atoms with van der Waals surface area (Å²) in [5.74, 6) is -0.132. The molecule has 2 aliphatic rings. The third-order valence-electron chi connectivity index (χ3n) is 7.14. The second kappa shape index (κ2) is 12.5. The van der Waals surface area contributed by atoms with E-state index in [4.69, 9.17) is 9.47 Å². The first-order chi connectivity index (χ1) is 20.8. The largest absolute Gasteiger partial charge is 0.493 e. The number of thioether (sulfide) groups is 1. The minimum Gasteiger partial charge on any atom is -0.493 e. The van der Waals surface area contributed by atoms with Gasteiger partial charge in [0.05, 0.1) is 23.1 Å². The number of carbonyl (C=O) groups is 1. The summed E-state index contributed by atoms with van der Waals surface area (Å²) in [5.41, 5.74) is -0.389. The number of piperazine rings is 1. The molecular weight excluding hydrogens is 608 g/mol. The lowest BCUT2D eigenvalue weighted by atomic mass is 10.0. The number of aryl methyl sites for hydroxylation is 1. The summed E-state index contributed by atoms with van der Waals surface area (Å²) >= 11 is 1.26. The summed E-state index contributed by atoms with van der Waals surface area (Å²) in [6, 6.07) is 14.3. The Kier molecular flexibility index (Phi) is 8.87. The van der Waals surface area contributed by atoms with E-state index >= 15 is 0 Å². The highest BCUT2D eigenvalue weighted by Gasteiger charge is 2.38. The van der Waals surface area contributed by atoms with Crippen LogP contribution in [-0.4, -0.2) is 49.3 Å². The molecule has 0 aromatic heterocycles. The van der Waals surface area contributed by atoms with Crippen LogP contribution >= 0.6 is 11.8 Å². The molecule has 5 rings (SSSR count). The minimum atomic E-state index is -5.01. The maximum absolute atomic E-state index is 13.5. The number of ether oxygens (including phenoxy) is 2. The van der Waals surface area contributed by atoms with Gasteiger partial charge in [-0.3, -0.25) is 4.79 Å². The molecule has 0 unspecified atom stereocenters. The van der Waals surface area contributed by atoms with Crippen LogP contribution in [0.2, 0.25) is 0 Å². The number of methoxy groups -OCH3 is 1. The fourth-order valence-corrected chi connectivity index (χ4v) is 5.82.